The van der Waals surface area contributed by atoms with Crippen LogP contribution in [0.25, 0.3) is 0 Å². The number of phosphoric acid groups is 1. The van der Waals surface area contributed by atoms with Crippen LogP contribution in [0.15, 0.2) is 24.3 Å². The molecule has 0 rings (SSSR count). The summed E-state index contributed by atoms with van der Waals surface area (Å²) in [6.07, 6.45) is 31.3. The maximum Gasteiger partial charge on any atom is 0.472 e. The van der Waals surface area contributed by atoms with Crippen molar-refractivity contribution in [3.63, 3.8) is 0 Å². The first-order chi connectivity index (χ1) is 19.2. The van der Waals surface area contributed by atoms with Gasteiger partial charge in [-0.15, -0.1) is 0 Å². The van der Waals surface area contributed by atoms with Gasteiger partial charge in [0.15, 0.2) is 0 Å². The van der Waals surface area contributed by atoms with Crippen LogP contribution in [0, 0.1) is 0 Å². The fraction of sp³-hybridized carbons (Fsp3) is 0.875. The van der Waals surface area contributed by atoms with E-state index < -0.39 is 13.9 Å². The average molecular weight is 591 g/mol. The second kappa shape index (κ2) is 27.3. The molecule has 0 saturated heterocycles. The van der Waals surface area contributed by atoms with Crippen LogP contribution >= 0.6 is 7.82 Å². The largest absolute Gasteiger partial charge is 0.472 e. The number of unbranched alkanes of at least 4 members (excludes halogenated alkanes) is 15. The summed E-state index contributed by atoms with van der Waals surface area (Å²) in [5, 5.41) is 9.90. The van der Waals surface area contributed by atoms with E-state index in [2.05, 4.69) is 31.2 Å². The Morgan fingerprint density at radius 1 is 0.675 bits per heavy atom. The highest BCUT2D eigenvalue weighted by atomic mass is 31.2. The van der Waals surface area contributed by atoms with Gasteiger partial charge in [0.25, 0.3) is 0 Å². The molecule has 0 spiro atoms. The van der Waals surface area contributed by atoms with E-state index in [4.69, 9.17) is 13.8 Å². The zero-order valence-electron chi connectivity index (χ0n) is 26.6. The Kier molecular flexibility index (Phi) is 27.0. The molecule has 2 atom stereocenters. The number of nitrogens with zero attached hydrogens (tertiary/aromatic N) is 1. The third kappa shape index (κ3) is 32.0. The molecule has 8 heteroatoms. The Balaban J connectivity index is 3.38. The average Bonchev–Trinajstić information content (AvgIpc) is 2.89. The lowest BCUT2D eigenvalue weighted by Crippen LogP contribution is -2.37. The molecule has 0 amide bonds. The van der Waals surface area contributed by atoms with Gasteiger partial charge in [-0.05, 0) is 38.5 Å². The number of aliphatic hydroxyl groups is 1. The molecular formula is C32H65NO6P+. The molecule has 0 saturated carbocycles. The first-order valence-electron chi connectivity index (χ1n) is 16.1. The number of likely N-dealkylation sites (N-methyl/N-ethyl adjacent to an activating group) is 1. The number of ether oxygens (including phenoxy) is 1. The smallest absolute Gasteiger partial charge is 0.388 e. The minimum atomic E-state index is -4.15. The number of hydrogen-bond donors (Lipinski definition) is 2. The molecule has 0 fully saturated rings. The molecule has 2 N–H and O–H groups in total. The topological polar surface area (TPSA) is 85.2 Å². The summed E-state index contributed by atoms with van der Waals surface area (Å²) in [7, 11) is 1.75. The fourth-order valence-corrected chi connectivity index (χ4v) is 4.92. The SMILES string of the molecule is CCCCCCC/C=C\C/C=C\CCCCCCCCCCCCOCC(O)COP(=O)(O)OCC[N+](C)(C)C. The van der Waals surface area contributed by atoms with Crippen LogP contribution < -0.4 is 0 Å². The molecule has 7 nitrogen and oxygen atoms in total. The van der Waals surface area contributed by atoms with Crippen LogP contribution in [0.3, 0.4) is 0 Å². The van der Waals surface area contributed by atoms with Crippen molar-refractivity contribution in [1.29, 1.82) is 0 Å². The van der Waals surface area contributed by atoms with E-state index in [0.717, 1.165) is 19.3 Å². The maximum atomic E-state index is 11.8. The van der Waals surface area contributed by atoms with Gasteiger partial charge in [0.2, 0.25) is 0 Å². The van der Waals surface area contributed by atoms with Gasteiger partial charge in [-0.25, -0.2) is 4.57 Å². The van der Waals surface area contributed by atoms with Crippen molar-refractivity contribution in [2.45, 2.75) is 129 Å². The van der Waals surface area contributed by atoms with Crippen molar-refractivity contribution in [3.8, 4) is 0 Å². The molecule has 0 aliphatic rings. The number of allylic oxidation sites excluding steroid dienone is 4. The molecule has 0 aromatic heterocycles. The predicted octanol–water partition coefficient (Wildman–Crippen LogP) is 8.36. The lowest BCUT2D eigenvalue weighted by atomic mass is 10.1. The van der Waals surface area contributed by atoms with Crippen molar-refractivity contribution < 1.29 is 32.8 Å². The van der Waals surface area contributed by atoms with Crippen LogP contribution in [-0.4, -0.2) is 74.7 Å². The van der Waals surface area contributed by atoms with Gasteiger partial charge in [-0.1, -0.05) is 108 Å². The Bertz CT molecular complexity index is 650. The minimum absolute atomic E-state index is 0.0883. The fourth-order valence-electron chi connectivity index (χ4n) is 4.17. The van der Waals surface area contributed by atoms with Crippen molar-refractivity contribution in [3.05, 3.63) is 24.3 Å². The summed E-state index contributed by atoms with van der Waals surface area (Å²) in [5.74, 6) is 0. The third-order valence-electron chi connectivity index (χ3n) is 6.75. The van der Waals surface area contributed by atoms with Gasteiger partial charge in [-0.2, -0.15) is 0 Å². The Morgan fingerprint density at radius 2 is 1.18 bits per heavy atom. The van der Waals surface area contributed by atoms with Crippen LogP contribution in [0.1, 0.15) is 122 Å². The molecular weight excluding hydrogens is 525 g/mol. The molecule has 0 bridgehead atoms. The number of quaternary nitrogens is 1. The first kappa shape index (κ1) is 39.5. The van der Waals surface area contributed by atoms with Crippen molar-refractivity contribution in [1.82, 2.24) is 0 Å². The Labute approximate surface area is 247 Å². The van der Waals surface area contributed by atoms with E-state index in [-0.39, 0.29) is 19.8 Å². The first-order valence-corrected chi connectivity index (χ1v) is 17.6. The summed E-state index contributed by atoms with van der Waals surface area (Å²) in [4.78, 5) is 9.67. The summed E-state index contributed by atoms with van der Waals surface area (Å²) in [6.45, 7) is 3.34. The highest BCUT2D eigenvalue weighted by Crippen LogP contribution is 2.43. The van der Waals surface area contributed by atoms with Crippen LogP contribution in [0.2, 0.25) is 0 Å². The van der Waals surface area contributed by atoms with E-state index in [0.29, 0.717) is 17.6 Å². The monoisotopic (exact) mass is 590 g/mol. The standard InChI is InChI=1S/C32H64NO6P/c1-5-6-7-8-9-10-11-12-13-14-15-16-17-18-19-20-21-22-23-24-25-26-28-37-30-32(34)31-39-40(35,36)38-29-27-33(2,3)4/h11-12,14-15,32,34H,5-10,13,16-31H2,1-4H3/p+1/b12-11-,15-14-. The molecule has 2 unspecified atom stereocenters. The minimum Gasteiger partial charge on any atom is -0.388 e. The highest BCUT2D eigenvalue weighted by molar-refractivity contribution is 7.47. The molecule has 0 aliphatic heterocycles. The third-order valence-corrected chi connectivity index (χ3v) is 7.73. The molecule has 40 heavy (non-hydrogen) atoms. The lowest BCUT2D eigenvalue weighted by Gasteiger charge is -2.24. The molecule has 0 aromatic carbocycles. The van der Waals surface area contributed by atoms with Gasteiger partial charge in [0, 0.05) is 6.61 Å². The van der Waals surface area contributed by atoms with Gasteiger partial charge in [0.05, 0.1) is 34.4 Å². The molecule has 0 radical (unpaired) electrons. The summed E-state index contributed by atoms with van der Waals surface area (Å²) in [6, 6.07) is 0. The number of aliphatic hydroxyl groups excluding tert-OH is 1. The van der Waals surface area contributed by atoms with E-state index in [1.165, 1.54) is 96.3 Å². The lowest BCUT2D eigenvalue weighted by molar-refractivity contribution is -0.870. The second-order valence-corrected chi connectivity index (χ2v) is 13.5. The Morgan fingerprint density at radius 3 is 1.70 bits per heavy atom. The molecule has 0 aliphatic carbocycles. The van der Waals surface area contributed by atoms with Crippen molar-refractivity contribution in [2.75, 3.05) is 54.1 Å². The number of phosphoric ester groups is 1. The van der Waals surface area contributed by atoms with E-state index in [1.807, 2.05) is 21.1 Å². The summed E-state index contributed by atoms with van der Waals surface area (Å²) in [5.41, 5.74) is 0. The second-order valence-electron chi connectivity index (χ2n) is 12.0. The summed E-state index contributed by atoms with van der Waals surface area (Å²) >= 11 is 0. The van der Waals surface area contributed by atoms with E-state index >= 15 is 0 Å². The van der Waals surface area contributed by atoms with Gasteiger partial charge >= 0.3 is 7.82 Å². The molecule has 238 valence electrons. The van der Waals surface area contributed by atoms with Crippen molar-refractivity contribution in [2.24, 2.45) is 0 Å². The van der Waals surface area contributed by atoms with Gasteiger partial charge in [-0.3, -0.25) is 9.05 Å². The zero-order valence-corrected chi connectivity index (χ0v) is 27.5. The van der Waals surface area contributed by atoms with Gasteiger partial charge < -0.3 is 19.2 Å². The number of rotatable bonds is 30. The van der Waals surface area contributed by atoms with E-state index in [1.54, 1.807) is 0 Å². The van der Waals surface area contributed by atoms with Crippen molar-refractivity contribution >= 4 is 7.82 Å². The normalized spacial score (nSPS) is 14.8. The number of hydrogen-bond acceptors (Lipinski definition) is 5. The zero-order chi connectivity index (χ0) is 29.8. The quantitative estimate of drug-likeness (QED) is 0.0378. The highest BCUT2D eigenvalue weighted by Gasteiger charge is 2.24. The van der Waals surface area contributed by atoms with E-state index in [9.17, 15) is 14.6 Å². The van der Waals surface area contributed by atoms with Crippen LogP contribution in [-0.2, 0) is 18.3 Å². The van der Waals surface area contributed by atoms with Gasteiger partial charge in [0.1, 0.15) is 19.3 Å². The van der Waals surface area contributed by atoms with Crippen LogP contribution in [0.5, 0.6) is 0 Å². The van der Waals surface area contributed by atoms with Crippen LogP contribution in [0.4, 0.5) is 0 Å². The Hall–Kier alpha value is -0.530. The maximum absolute atomic E-state index is 11.8. The summed E-state index contributed by atoms with van der Waals surface area (Å²) < 4.78 is 27.7. The molecule has 0 aromatic rings. The predicted molar refractivity (Wildman–Crippen MR) is 169 cm³/mol. The molecule has 0 heterocycles.